The molecule has 0 aliphatic carbocycles. The molecule has 0 aliphatic heterocycles. The van der Waals surface area contributed by atoms with Gasteiger partial charge in [0.2, 0.25) is 0 Å². The summed E-state index contributed by atoms with van der Waals surface area (Å²) in [7, 11) is 0. The predicted molar refractivity (Wildman–Crippen MR) is 52.6 cm³/mol. The van der Waals surface area contributed by atoms with Gasteiger partial charge in [-0.05, 0) is 12.1 Å². The highest BCUT2D eigenvalue weighted by Gasteiger charge is 2.31. The van der Waals surface area contributed by atoms with E-state index in [4.69, 9.17) is 16.7 Å². The van der Waals surface area contributed by atoms with Crippen LogP contribution in [0.3, 0.4) is 0 Å². The Labute approximate surface area is 97.6 Å². The minimum Gasteiger partial charge on any atom is -0.481 e. The first-order valence-electron chi connectivity index (χ1n) is 3.88. The lowest BCUT2D eigenvalue weighted by atomic mass is 10.3. The van der Waals surface area contributed by atoms with E-state index in [9.17, 15) is 18.0 Å². The van der Waals surface area contributed by atoms with Gasteiger partial charge in [0.1, 0.15) is 5.15 Å². The fraction of sp³-hybridized carbons (Fsp3) is 0.250. The normalized spacial score (nSPS) is 11.5. The summed E-state index contributed by atoms with van der Waals surface area (Å²) in [6.07, 6.45) is -4.52. The Hall–Kier alpha value is -0.950. The summed E-state index contributed by atoms with van der Waals surface area (Å²) < 4.78 is 37.0. The van der Waals surface area contributed by atoms with Gasteiger partial charge in [0, 0.05) is 0 Å². The molecule has 1 heterocycles. The van der Waals surface area contributed by atoms with E-state index in [-0.39, 0.29) is 15.9 Å². The molecular weight excluding hydrogens is 267 g/mol. The number of carboxylic acids is 1. The summed E-state index contributed by atoms with van der Waals surface area (Å²) >= 11 is 6.08. The van der Waals surface area contributed by atoms with Crippen molar-refractivity contribution in [2.45, 2.75) is 11.2 Å². The molecule has 0 aromatic carbocycles. The van der Waals surface area contributed by atoms with Gasteiger partial charge in [0.25, 0.3) is 0 Å². The van der Waals surface area contributed by atoms with Crippen molar-refractivity contribution in [1.82, 2.24) is 4.98 Å². The summed E-state index contributed by atoms with van der Waals surface area (Å²) in [5.74, 6) is -1.51. The number of hydrogen-bond donors (Lipinski definition) is 1. The maximum atomic E-state index is 12.3. The minimum absolute atomic E-state index is 0.0674. The first-order valence-corrected chi connectivity index (χ1v) is 5.25. The third-order valence-electron chi connectivity index (χ3n) is 1.44. The van der Waals surface area contributed by atoms with Gasteiger partial charge in [-0.1, -0.05) is 23.4 Å². The highest BCUT2D eigenvalue weighted by Crippen LogP contribution is 2.32. The quantitative estimate of drug-likeness (QED) is 0.678. The minimum atomic E-state index is -4.52. The number of halogens is 4. The van der Waals surface area contributed by atoms with Crippen molar-refractivity contribution in [3.05, 3.63) is 22.8 Å². The highest BCUT2D eigenvalue weighted by atomic mass is 35.5. The van der Waals surface area contributed by atoms with Crippen LogP contribution in [-0.2, 0) is 11.0 Å². The van der Waals surface area contributed by atoms with Crippen LogP contribution in [0.25, 0.3) is 0 Å². The van der Waals surface area contributed by atoms with Crippen molar-refractivity contribution < 1.29 is 23.1 Å². The zero-order valence-corrected chi connectivity index (χ0v) is 9.16. The van der Waals surface area contributed by atoms with Crippen LogP contribution in [0.1, 0.15) is 5.56 Å². The fourth-order valence-corrected chi connectivity index (χ4v) is 1.75. The van der Waals surface area contributed by atoms with E-state index in [0.29, 0.717) is 17.8 Å². The first kappa shape index (κ1) is 13.1. The Bertz CT molecular complexity index is 411. The lowest BCUT2D eigenvalue weighted by Crippen LogP contribution is -2.06. The van der Waals surface area contributed by atoms with E-state index >= 15 is 0 Å². The molecule has 0 bridgehead atoms. The number of pyridine rings is 1. The van der Waals surface area contributed by atoms with Crippen molar-refractivity contribution in [3.63, 3.8) is 0 Å². The molecule has 8 heteroatoms. The molecular formula is C8H5ClF3NO2S. The number of carboxylic acid groups (broad SMARTS) is 1. The fourth-order valence-electron chi connectivity index (χ4n) is 0.846. The second kappa shape index (κ2) is 4.92. The molecule has 0 aliphatic rings. The van der Waals surface area contributed by atoms with Crippen LogP contribution in [0.15, 0.2) is 17.2 Å². The third-order valence-corrected chi connectivity index (χ3v) is 2.53. The van der Waals surface area contributed by atoms with E-state index in [1.54, 1.807) is 0 Å². The highest BCUT2D eigenvalue weighted by molar-refractivity contribution is 7.99. The molecule has 0 spiro atoms. The van der Waals surface area contributed by atoms with Crippen LogP contribution in [0.4, 0.5) is 13.2 Å². The third kappa shape index (κ3) is 3.90. The predicted octanol–water partition coefficient (Wildman–Crippen LogP) is 2.93. The summed E-state index contributed by atoms with van der Waals surface area (Å²) in [6, 6.07) is 1.45. The number of aliphatic carboxylic acids is 1. The Balaban J connectivity index is 2.94. The number of nitrogens with zero attached hydrogens (tertiary/aromatic N) is 1. The number of rotatable bonds is 3. The van der Waals surface area contributed by atoms with Gasteiger partial charge in [-0.15, -0.1) is 0 Å². The van der Waals surface area contributed by atoms with Crippen LogP contribution in [0.5, 0.6) is 0 Å². The summed E-state index contributed by atoms with van der Waals surface area (Å²) in [4.78, 5) is 13.8. The van der Waals surface area contributed by atoms with Crippen LogP contribution in [0.2, 0.25) is 5.15 Å². The molecule has 0 radical (unpaired) electrons. The molecule has 0 unspecified atom stereocenters. The van der Waals surface area contributed by atoms with E-state index in [1.807, 2.05) is 0 Å². The van der Waals surface area contributed by atoms with Gasteiger partial charge in [-0.2, -0.15) is 13.2 Å². The van der Waals surface area contributed by atoms with Crippen LogP contribution in [0, 0.1) is 0 Å². The number of thioether (sulfide) groups is 1. The lowest BCUT2D eigenvalue weighted by Gasteiger charge is -2.08. The molecule has 1 N–H and O–H groups in total. The Kier molecular flexibility index (Phi) is 4.03. The molecule has 0 saturated heterocycles. The number of alkyl halides is 3. The number of carbonyl (C=O) groups is 1. The van der Waals surface area contributed by atoms with Crippen LogP contribution >= 0.6 is 23.4 Å². The Morgan fingerprint density at radius 1 is 1.50 bits per heavy atom. The van der Waals surface area contributed by atoms with Gasteiger partial charge >= 0.3 is 12.1 Å². The van der Waals surface area contributed by atoms with E-state index < -0.39 is 17.7 Å². The second-order valence-corrected chi connectivity index (χ2v) is 4.08. The van der Waals surface area contributed by atoms with E-state index in [2.05, 4.69) is 4.98 Å². The second-order valence-electron chi connectivity index (χ2n) is 2.70. The van der Waals surface area contributed by atoms with Crippen molar-refractivity contribution >= 4 is 29.3 Å². The standard InChI is InChI=1S/C8H5ClF3NO2S/c9-5-1-4(8(10,11)12)2-6(13-5)16-3-7(14)15/h1-2H,3H2,(H,14,15). The lowest BCUT2D eigenvalue weighted by molar-refractivity contribution is -0.138. The molecule has 1 aromatic rings. The van der Waals surface area contributed by atoms with Crippen molar-refractivity contribution in [1.29, 1.82) is 0 Å². The molecule has 0 saturated carbocycles. The zero-order valence-electron chi connectivity index (χ0n) is 7.58. The van der Waals surface area contributed by atoms with Crippen LogP contribution in [-0.4, -0.2) is 21.8 Å². The average Bonchev–Trinajstić information content (AvgIpc) is 2.12. The van der Waals surface area contributed by atoms with Gasteiger partial charge in [-0.25, -0.2) is 4.98 Å². The molecule has 16 heavy (non-hydrogen) atoms. The van der Waals surface area contributed by atoms with Gasteiger partial charge in [0.15, 0.2) is 0 Å². The molecule has 0 atom stereocenters. The maximum Gasteiger partial charge on any atom is 0.416 e. The zero-order chi connectivity index (χ0) is 12.3. The van der Waals surface area contributed by atoms with Gasteiger partial charge < -0.3 is 5.11 Å². The smallest absolute Gasteiger partial charge is 0.416 e. The molecule has 0 amide bonds. The molecule has 1 rings (SSSR count). The Morgan fingerprint density at radius 2 is 2.12 bits per heavy atom. The first-order chi connectivity index (χ1) is 7.29. The Morgan fingerprint density at radius 3 is 2.62 bits per heavy atom. The van der Waals surface area contributed by atoms with Crippen molar-refractivity contribution in [2.75, 3.05) is 5.75 Å². The topological polar surface area (TPSA) is 50.2 Å². The number of hydrogen-bond acceptors (Lipinski definition) is 3. The van der Waals surface area contributed by atoms with Gasteiger partial charge in [-0.3, -0.25) is 4.79 Å². The van der Waals surface area contributed by atoms with Gasteiger partial charge in [0.05, 0.1) is 16.3 Å². The summed E-state index contributed by atoms with van der Waals surface area (Å²) in [5, 5.41) is 7.99. The van der Waals surface area contributed by atoms with E-state index in [0.717, 1.165) is 6.07 Å². The molecule has 88 valence electrons. The number of aromatic nitrogens is 1. The monoisotopic (exact) mass is 271 g/mol. The van der Waals surface area contributed by atoms with Crippen LogP contribution < -0.4 is 0 Å². The van der Waals surface area contributed by atoms with E-state index in [1.165, 1.54) is 0 Å². The molecule has 3 nitrogen and oxygen atoms in total. The van der Waals surface area contributed by atoms with Crippen molar-refractivity contribution in [2.24, 2.45) is 0 Å². The summed E-state index contributed by atoms with van der Waals surface area (Å²) in [5.41, 5.74) is -0.944. The molecule has 1 aromatic heterocycles. The molecule has 0 fully saturated rings. The maximum absolute atomic E-state index is 12.3. The average molecular weight is 272 g/mol. The summed E-state index contributed by atoms with van der Waals surface area (Å²) in [6.45, 7) is 0. The SMILES string of the molecule is O=C(O)CSc1cc(C(F)(F)F)cc(Cl)n1. The van der Waals surface area contributed by atoms with Crippen molar-refractivity contribution in [3.8, 4) is 0 Å². The largest absolute Gasteiger partial charge is 0.481 e.